The highest BCUT2D eigenvalue weighted by Gasteiger charge is 2.23. The highest BCUT2D eigenvalue weighted by atomic mass is 32.2. The molecule has 0 aliphatic carbocycles. The molecule has 0 aliphatic heterocycles. The molecule has 2 N–H and O–H groups in total. The molecule has 142 valence electrons. The molecule has 1 aromatic heterocycles. The number of nitrogen functional groups attached to an aromatic ring is 1. The van der Waals surface area contributed by atoms with Crippen molar-refractivity contribution in [3.8, 4) is 28.5 Å². The molecule has 2 aromatic carbocycles. The van der Waals surface area contributed by atoms with E-state index in [1.165, 1.54) is 32.4 Å². The van der Waals surface area contributed by atoms with Crippen LogP contribution in [0.1, 0.15) is 0 Å². The fourth-order valence-electron chi connectivity index (χ4n) is 2.56. The number of ether oxygens (including phenoxy) is 3. The van der Waals surface area contributed by atoms with E-state index in [0.29, 0.717) is 28.5 Å². The van der Waals surface area contributed by atoms with Crippen molar-refractivity contribution in [1.29, 1.82) is 0 Å². The first kappa shape index (κ1) is 18.6. The second-order valence-electron chi connectivity index (χ2n) is 5.54. The zero-order valence-corrected chi connectivity index (χ0v) is 15.9. The number of hydrogen-bond donors (Lipinski definition) is 1. The van der Waals surface area contributed by atoms with Gasteiger partial charge in [0.2, 0.25) is 0 Å². The maximum absolute atomic E-state index is 12.9. The van der Waals surface area contributed by atoms with E-state index in [0.717, 1.165) is 4.09 Å². The Morgan fingerprint density at radius 1 is 0.889 bits per heavy atom. The van der Waals surface area contributed by atoms with E-state index >= 15 is 0 Å². The van der Waals surface area contributed by atoms with Crippen LogP contribution in [0.5, 0.6) is 17.2 Å². The molecule has 3 aromatic rings. The average Bonchev–Trinajstić information content (AvgIpc) is 3.09. The Bertz CT molecular complexity index is 1060. The van der Waals surface area contributed by atoms with E-state index in [1.807, 2.05) is 0 Å². The van der Waals surface area contributed by atoms with Gasteiger partial charge in [-0.25, -0.2) is 0 Å². The van der Waals surface area contributed by atoms with Crippen molar-refractivity contribution in [2.75, 3.05) is 27.1 Å². The van der Waals surface area contributed by atoms with Crippen molar-refractivity contribution in [3.63, 3.8) is 0 Å². The molecule has 1 heterocycles. The van der Waals surface area contributed by atoms with Crippen molar-refractivity contribution in [3.05, 3.63) is 48.5 Å². The maximum Gasteiger partial charge on any atom is 0.284 e. The quantitative estimate of drug-likeness (QED) is 0.690. The van der Waals surface area contributed by atoms with Crippen LogP contribution >= 0.6 is 0 Å². The van der Waals surface area contributed by atoms with Crippen LogP contribution in [0.15, 0.2) is 53.4 Å². The lowest BCUT2D eigenvalue weighted by atomic mass is 10.1. The molecule has 0 saturated heterocycles. The fourth-order valence-corrected chi connectivity index (χ4v) is 3.77. The lowest BCUT2D eigenvalue weighted by Gasteiger charge is -2.09. The Kier molecular flexibility index (Phi) is 4.95. The van der Waals surface area contributed by atoms with Crippen LogP contribution in [0, 0.1) is 0 Å². The first-order valence-electron chi connectivity index (χ1n) is 7.88. The zero-order valence-electron chi connectivity index (χ0n) is 15.0. The number of anilines is 1. The van der Waals surface area contributed by atoms with Crippen LogP contribution in [0.4, 0.5) is 5.82 Å². The molecule has 0 bridgehead atoms. The molecule has 0 fully saturated rings. The molecule has 0 atom stereocenters. The van der Waals surface area contributed by atoms with Gasteiger partial charge in [0, 0.05) is 17.7 Å². The SMILES string of the molecule is COc1ccc(S(=O)(=O)n2nc(-c3ccc(OC)cc3OC)cc2N)cc1. The van der Waals surface area contributed by atoms with Crippen molar-refractivity contribution in [2.45, 2.75) is 4.90 Å². The number of benzene rings is 2. The molecule has 0 radical (unpaired) electrons. The normalized spacial score (nSPS) is 11.2. The Labute approximate surface area is 157 Å². The highest BCUT2D eigenvalue weighted by molar-refractivity contribution is 7.90. The summed E-state index contributed by atoms with van der Waals surface area (Å²) in [4.78, 5) is 0.0475. The van der Waals surface area contributed by atoms with E-state index in [-0.39, 0.29) is 10.7 Å². The predicted octanol–water partition coefficient (Wildman–Crippen LogP) is 2.40. The minimum atomic E-state index is -3.95. The number of rotatable bonds is 6. The van der Waals surface area contributed by atoms with E-state index in [4.69, 9.17) is 19.9 Å². The second kappa shape index (κ2) is 7.20. The van der Waals surface area contributed by atoms with Crippen molar-refractivity contribution < 1.29 is 22.6 Å². The largest absolute Gasteiger partial charge is 0.497 e. The van der Waals surface area contributed by atoms with Gasteiger partial charge in [-0.3, -0.25) is 0 Å². The highest BCUT2D eigenvalue weighted by Crippen LogP contribution is 2.34. The number of aromatic nitrogens is 2. The lowest BCUT2D eigenvalue weighted by Crippen LogP contribution is -2.16. The molecule has 0 amide bonds. The smallest absolute Gasteiger partial charge is 0.284 e. The first-order chi connectivity index (χ1) is 12.9. The molecule has 0 spiro atoms. The summed E-state index contributed by atoms with van der Waals surface area (Å²) in [5.74, 6) is 1.62. The van der Waals surface area contributed by atoms with Gasteiger partial charge in [0.1, 0.15) is 23.1 Å². The Hall–Kier alpha value is -3.20. The summed E-state index contributed by atoms with van der Waals surface area (Å²) in [5.41, 5.74) is 6.89. The molecule has 0 saturated carbocycles. The summed E-state index contributed by atoms with van der Waals surface area (Å²) in [5, 5.41) is 4.19. The summed E-state index contributed by atoms with van der Waals surface area (Å²) >= 11 is 0. The number of hydrogen-bond acceptors (Lipinski definition) is 7. The first-order valence-corrected chi connectivity index (χ1v) is 9.32. The molecular weight excluding hydrogens is 370 g/mol. The standard InChI is InChI=1S/C18H19N3O5S/c1-24-12-4-7-14(8-5-12)27(22,23)21-18(19)11-16(20-21)15-9-6-13(25-2)10-17(15)26-3/h4-11H,19H2,1-3H3. The molecule has 9 heteroatoms. The third-order valence-corrected chi connectivity index (χ3v) is 5.59. The van der Waals surface area contributed by atoms with Crippen LogP contribution in [0.2, 0.25) is 0 Å². The minimum absolute atomic E-state index is 0.0151. The molecule has 8 nitrogen and oxygen atoms in total. The molecule has 3 rings (SSSR count). The molecule has 0 unspecified atom stereocenters. The van der Waals surface area contributed by atoms with Gasteiger partial charge in [0.05, 0.1) is 31.9 Å². The van der Waals surface area contributed by atoms with E-state index in [9.17, 15) is 8.42 Å². The Morgan fingerprint density at radius 2 is 1.52 bits per heavy atom. The van der Waals surface area contributed by atoms with E-state index in [2.05, 4.69) is 5.10 Å². The van der Waals surface area contributed by atoms with Gasteiger partial charge in [0.15, 0.2) is 0 Å². The lowest BCUT2D eigenvalue weighted by molar-refractivity contribution is 0.395. The second-order valence-corrected chi connectivity index (χ2v) is 7.31. The number of methoxy groups -OCH3 is 3. The van der Waals surface area contributed by atoms with Gasteiger partial charge in [-0.2, -0.15) is 13.5 Å². The maximum atomic E-state index is 12.9. The Morgan fingerprint density at radius 3 is 2.11 bits per heavy atom. The summed E-state index contributed by atoms with van der Waals surface area (Å²) in [6.45, 7) is 0. The summed E-state index contributed by atoms with van der Waals surface area (Å²) < 4.78 is 42.1. The summed E-state index contributed by atoms with van der Waals surface area (Å²) in [6, 6.07) is 12.6. The average molecular weight is 389 g/mol. The fraction of sp³-hybridized carbons (Fsp3) is 0.167. The van der Waals surface area contributed by atoms with Crippen LogP contribution in [0.25, 0.3) is 11.3 Å². The molecule has 27 heavy (non-hydrogen) atoms. The monoisotopic (exact) mass is 389 g/mol. The third kappa shape index (κ3) is 3.41. The van der Waals surface area contributed by atoms with Gasteiger partial charge < -0.3 is 19.9 Å². The summed E-state index contributed by atoms with van der Waals surface area (Å²) in [6.07, 6.45) is 0. The molecular formula is C18H19N3O5S. The predicted molar refractivity (Wildman–Crippen MR) is 101 cm³/mol. The van der Waals surface area contributed by atoms with Crippen LogP contribution in [0.3, 0.4) is 0 Å². The van der Waals surface area contributed by atoms with Crippen LogP contribution < -0.4 is 19.9 Å². The number of nitrogens with two attached hydrogens (primary N) is 1. The minimum Gasteiger partial charge on any atom is -0.497 e. The van der Waals surface area contributed by atoms with Gasteiger partial charge in [-0.1, -0.05) is 0 Å². The van der Waals surface area contributed by atoms with Crippen LogP contribution in [-0.2, 0) is 10.0 Å². The van der Waals surface area contributed by atoms with Crippen LogP contribution in [-0.4, -0.2) is 38.9 Å². The van der Waals surface area contributed by atoms with E-state index in [1.54, 1.807) is 37.4 Å². The van der Waals surface area contributed by atoms with Gasteiger partial charge in [-0.05, 0) is 36.4 Å². The topological polar surface area (TPSA) is 106 Å². The van der Waals surface area contributed by atoms with Gasteiger partial charge in [0.25, 0.3) is 10.0 Å². The Balaban J connectivity index is 2.06. The van der Waals surface area contributed by atoms with Crippen molar-refractivity contribution in [2.24, 2.45) is 0 Å². The van der Waals surface area contributed by atoms with Gasteiger partial charge in [-0.15, -0.1) is 4.09 Å². The zero-order chi connectivity index (χ0) is 19.6. The molecule has 0 aliphatic rings. The number of nitrogens with zero attached hydrogens (tertiary/aromatic N) is 2. The van der Waals surface area contributed by atoms with E-state index < -0.39 is 10.0 Å². The third-order valence-electron chi connectivity index (χ3n) is 3.97. The van der Waals surface area contributed by atoms with Crippen molar-refractivity contribution in [1.82, 2.24) is 9.19 Å². The van der Waals surface area contributed by atoms with Gasteiger partial charge >= 0.3 is 0 Å². The summed E-state index contributed by atoms with van der Waals surface area (Å²) in [7, 11) is 0.600. The van der Waals surface area contributed by atoms with Crippen molar-refractivity contribution >= 4 is 15.8 Å².